The van der Waals surface area contributed by atoms with Crippen LogP contribution in [0.2, 0.25) is 10.0 Å². The minimum absolute atomic E-state index is 0.0285. The summed E-state index contributed by atoms with van der Waals surface area (Å²) in [5, 5.41) is 3.76. The van der Waals surface area contributed by atoms with E-state index in [2.05, 4.69) is 9.82 Å². The lowest BCUT2D eigenvalue weighted by atomic mass is 10.3. The Bertz CT molecular complexity index is 1210. The molecule has 152 valence electrons. The maximum atomic E-state index is 12.8. The Labute approximate surface area is 176 Å². The fourth-order valence-corrected chi connectivity index (χ4v) is 3.78. The number of hydrogen-bond acceptors (Lipinski definition) is 6. The molecule has 1 aromatic heterocycles. The minimum atomic E-state index is -3.94. The van der Waals surface area contributed by atoms with E-state index in [-0.39, 0.29) is 20.6 Å². The van der Waals surface area contributed by atoms with E-state index in [0.29, 0.717) is 17.2 Å². The van der Waals surface area contributed by atoms with Gasteiger partial charge in [-0.1, -0.05) is 23.2 Å². The van der Waals surface area contributed by atoms with Gasteiger partial charge in [0.2, 0.25) is 0 Å². The van der Waals surface area contributed by atoms with Crippen LogP contribution < -0.4 is 19.8 Å². The second-order valence-corrected chi connectivity index (χ2v) is 8.16. The average molecular weight is 456 g/mol. The fourth-order valence-electron chi connectivity index (χ4n) is 2.46. The van der Waals surface area contributed by atoms with E-state index in [0.717, 1.165) is 4.68 Å². The van der Waals surface area contributed by atoms with Gasteiger partial charge in [0.05, 0.1) is 41.7 Å². The summed E-state index contributed by atoms with van der Waals surface area (Å²) < 4.78 is 39.3. The lowest BCUT2D eigenvalue weighted by molar-refractivity contribution is 0.405. The molecule has 0 saturated heterocycles. The Kier molecular flexibility index (Phi) is 6.02. The molecule has 0 aliphatic rings. The normalized spacial score (nSPS) is 11.2. The Hall–Kier alpha value is -2.75. The number of halogens is 2. The molecule has 8 nitrogen and oxygen atoms in total. The molecule has 0 radical (unpaired) electrons. The van der Waals surface area contributed by atoms with Crippen molar-refractivity contribution >= 4 is 38.9 Å². The van der Waals surface area contributed by atoms with Crippen LogP contribution in [0.1, 0.15) is 0 Å². The Morgan fingerprint density at radius 3 is 2.34 bits per heavy atom. The first kappa shape index (κ1) is 21.0. The number of nitrogens with zero attached hydrogens (tertiary/aromatic N) is 2. The van der Waals surface area contributed by atoms with Gasteiger partial charge in [0, 0.05) is 6.07 Å². The third-order valence-corrected chi connectivity index (χ3v) is 6.05. The van der Waals surface area contributed by atoms with Gasteiger partial charge in [-0.15, -0.1) is 0 Å². The standard InChI is InChI=1S/C18H15Cl2N3O5S/c1-27-12-5-8-16(28-2)15(9-12)22-29(25,26)13-6-3-11(4-7-13)23-18(24)17(20)14(19)10-21-23/h3-10,22H,1-2H3. The summed E-state index contributed by atoms with van der Waals surface area (Å²) in [5.74, 6) is 0.793. The van der Waals surface area contributed by atoms with E-state index in [1.54, 1.807) is 12.1 Å². The zero-order chi connectivity index (χ0) is 21.2. The van der Waals surface area contributed by atoms with Crippen molar-refractivity contribution in [3.05, 3.63) is 69.1 Å². The summed E-state index contributed by atoms with van der Waals surface area (Å²) in [6.07, 6.45) is 1.23. The third-order valence-electron chi connectivity index (χ3n) is 3.92. The van der Waals surface area contributed by atoms with Crippen LogP contribution in [0.3, 0.4) is 0 Å². The monoisotopic (exact) mass is 455 g/mol. The number of aromatic nitrogens is 2. The lowest BCUT2D eigenvalue weighted by Crippen LogP contribution is -2.21. The van der Waals surface area contributed by atoms with E-state index in [9.17, 15) is 13.2 Å². The molecule has 11 heteroatoms. The van der Waals surface area contributed by atoms with Crippen LogP contribution in [0.5, 0.6) is 11.5 Å². The highest BCUT2D eigenvalue weighted by Gasteiger charge is 2.18. The smallest absolute Gasteiger partial charge is 0.291 e. The van der Waals surface area contributed by atoms with Crippen LogP contribution >= 0.6 is 23.2 Å². The summed E-state index contributed by atoms with van der Waals surface area (Å²) in [6, 6.07) is 10.3. The number of anilines is 1. The highest BCUT2D eigenvalue weighted by Crippen LogP contribution is 2.31. The van der Waals surface area contributed by atoms with Gasteiger partial charge in [-0.2, -0.15) is 9.78 Å². The van der Waals surface area contributed by atoms with Crippen LogP contribution in [0.15, 0.2) is 58.4 Å². The molecule has 2 aromatic carbocycles. The Balaban J connectivity index is 1.94. The van der Waals surface area contributed by atoms with Gasteiger partial charge in [-0.25, -0.2) is 8.42 Å². The van der Waals surface area contributed by atoms with Crippen molar-refractivity contribution in [1.82, 2.24) is 9.78 Å². The molecule has 1 N–H and O–H groups in total. The van der Waals surface area contributed by atoms with Crippen molar-refractivity contribution in [2.45, 2.75) is 4.90 Å². The number of nitrogens with one attached hydrogen (secondary N) is 1. The average Bonchev–Trinajstić information content (AvgIpc) is 2.72. The second-order valence-electron chi connectivity index (χ2n) is 5.69. The van der Waals surface area contributed by atoms with Gasteiger partial charge in [0.25, 0.3) is 15.6 Å². The Morgan fingerprint density at radius 2 is 1.72 bits per heavy atom. The number of sulfonamides is 1. The van der Waals surface area contributed by atoms with Crippen molar-refractivity contribution < 1.29 is 17.9 Å². The van der Waals surface area contributed by atoms with E-state index in [4.69, 9.17) is 32.7 Å². The molecule has 0 aliphatic heterocycles. The van der Waals surface area contributed by atoms with Crippen LogP contribution in [0.25, 0.3) is 5.69 Å². The molecule has 0 atom stereocenters. The molecule has 0 saturated carbocycles. The summed E-state index contributed by atoms with van der Waals surface area (Å²) >= 11 is 11.6. The fraction of sp³-hybridized carbons (Fsp3) is 0.111. The highest BCUT2D eigenvalue weighted by atomic mass is 35.5. The molecule has 3 rings (SSSR count). The number of benzene rings is 2. The molecule has 0 bridgehead atoms. The van der Waals surface area contributed by atoms with Crippen LogP contribution in [0.4, 0.5) is 5.69 Å². The predicted molar refractivity (Wildman–Crippen MR) is 110 cm³/mol. The largest absolute Gasteiger partial charge is 0.497 e. The van der Waals surface area contributed by atoms with Gasteiger partial charge < -0.3 is 9.47 Å². The van der Waals surface area contributed by atoms with Crippen LogP contribution in [0, 0.1) is 0 Å². The molecule has 0 unspecified atom stereocenters. The maximum Gasteiger partial charge on any atom is 0.291 e. The zero-order valence-electron chi connectivity index (χ0n) is 15.2. The summed E-state index contributed by atoms with van der Waals surface area (Å²) in [5.41, 5.74) is -0.0706. The quantitative estimate of drug-likeness (QED) is 0.611. The molecule has 0 amide bonds. The van der Waals surface area contributed by atoms with Crippen molar-refractivity contribution in [2.24, 2.45) is 0 Å². The van der Waals surface area contributed by atoms with E-state index < -0.39 is 15.6 Å². The van der Waals surface area contributed by atoms with Crippen molar-refractivity contribution in [3.63, 3.8) is 0 Å². The van der Waals surface area contributed by atoms with Gasteiger partial charge in [0.1, 0.15) is 16.5 Å². The van der Waals surface area contributed by atoms with Gasteiger partial charge in [-0.05, 0) is 36.4 Å². The lowest BCUT2D eigenvalue weighted by Gasteiger charge is -2.13. The summed E-state index contributed by atoms with van der Waals surface area (Å²) in [6.45, 7) is 0. The van der Waals surface area contributed by atoms with Gasteiger partial charge >= 0.3 is 0 Å². The zero-order valence-corrected chi connectivity index (χ0v) is 17.5. The number of methoxy groups -OCH3 is 2. The molecule has 0 fully saturated rings. The van der Waals surface area contributed by atoms with E-state index in [1.165, 1.54) is 50.7 Å². The van der Waals surface area contributed by atoms with Gasteiger partial charge in [0.15, 0.2) is 0 Å². The summed E-state index contributed by atoms with van der Waals surface area (Å²) in [7, 11) is -1.04. The molecular formula is C18H15Cl2N3O5S. The molecular weight excluding hydrogens is 441 g/mol. The SMILES string of the molecule is COc1ccc(OC)c(NS(=O)(=O)c2ccc(-n3ncc(Cl)c(Cl)c3=O)cc2)c1. The Morgan fingerprint density at radius 1 is 1.03 bits per heavy atom. The molecule has 3 aromatic rings. The molecule has 29 heavy (non-hydrogen) atoms. The predicted octanol–water partition coefficient (Wildman–Crippen LogP) is 3.36. The van der Waals surface area contributed by atoms with Crippen molar-refractivity contribution in [3.8, 4) is 17.2 Å². The van der Waals surface area contributed by atoms with Gasteiger partial charge in [-0.3, -0.25) is 9.52 Å². The third kappa shape index (κ3) is 4.31. The van der Waals surface area contributed by atoms with Crippen molar-refractivity contribution in [1.29, 1.82) is 0 Å². The molecule has 0 spiro atoms. The highest BCUT2D eigenvalue weighted by molar-refractivity contribution is 7.92. The topological polar surface area (TPSA) is 99.5 Å². The maximum absolute atomic E-state index is 12.8. The van der Waals surface area contributed by atoms with Crippen molar-refractivity contribution in [2.75, 3.05) is 18.9 Å². The van der Waals surface area contributed by atoms with Crippen LogP contribution in [-0.4, -0.2) is 32.4 Å². The van der Waals surface area contributed by atoms with Crippen LogP contribution in [-0.2, 0) is 10.0 Å². The minimum Gasteiger partial charge on any atom is -0.497 e. The first-order chi connectivity index (χ1) is 13.8. The van der Waals surface area contributed by atoms with E-state index in [1.807, 2.05) is 0 Å². The first-order valence-electron chi connectivity index (χ1n) is 8.05. The number of hydrogen-bond donors (Lipinski definition) is 1. The molecule has 0 aliphatic carbocycles. The summed E-state index contributed by atoms with van der Waals surface area (Å²) in [4.78, 5) is 12.1. The molecule has 1 heterocycles. The number of ether oxygens (including phenoxy) is 2. The van der Waals surface area contributed by atoms with E-state index >= 15 is 0 Å². The number of rotatable bonds is 6. The second kappa shape index (κ2) is 8.32. The first-order valence-corrected chi connectivity index (χ1v) is 10.3.